The third kappa shape index (κ3) is 5.25. The monoisotopic (exact) mass is 458 g/mol. The number of carbonyl (C=O) groups excluding carboxylic acids is 2. The number of nitrogens with one attached hydrogen (secondary N) is 2. The van der Waals surface area contributed by atoms with Gasteiger partial charge in [0.1, 0.15) is 5.00 Å². The Morgan fingerprint density at radius 1 is 1.13 bits per heavy atom. The van der Waals surface area contributed by atoms with E-state index >= 15 is 0 Å². The molecular weight excluding hydrogens is 432 g/mol. The first kappa shape index (κ1) is 21.8. The fourth-order valence-electron chi connectivity index (χ4n) is 4.06. The molecule has 1 aliphatic heterocycles. The van der Waals surface area contributed by atoms with Gasteiger partial charge >= 0.3 is 0 Å². The lowest BCUT2D eigenvalue weighted by molar-refractivity contribution is -0.111. The zero-order valence-corrected chi connectivity index (χ0v) is 19.1. The number of amides is 2. The van der Waals surface area contributed by atoms with Crippen LogP contribution in [-0.4, -0.2) is 37.8 Å². The second-order valence-corrected chi connectivity index (χ2v) is 11.6. The van der Waals surface area contributed by atoms with Gasteiger partial charge in [-0.05, 0) is 56.2 Å². The molecule has 4 rings (SSSR count). The number of carbonyl (C=O) groups is 2. The van der Waals surface area contributed by atoms with Crippen LogP contribution in [0.4, 0.5) is 5.00 Å². The molecular formula is C23H26N2O4S2. The lowest BCUT2D eigenvalue weighted by Gasteiger charge is -2.15. The van der Waals surface area contributed by atoms with E-state index in [1.54, 1.807) is 6.08 Å². The molecule has 1 saturated heterocycles. The van der Waals surface area contributed by atoms with Crippen molar-refractivity contribution in [3.05, 3.63) is 57.5 Å². The van der Waals surface area contributed by atoms with Gasteiger partial charge in [-0.3, -0.25) is 9.59 Å². The van der Waals surface area contributed by atoms with Gasteiger partial charge in [-0.15, -0.1) is 11.3 Å². The minimum atomic E-state index is -3.08. The summed E-state index contributed by atoms with van der Waals surface area (Å²) in [7, 11) is -3.08. The second-order valence-electron chi connectivity index (χ2n) is 8.22. The Bertz CT molecular complexity index is 1130. The molecule has 1 aromatic heterocycles. The van der Waals surface area contributed by atoms with Crippen LogP contribution in [0.1, 0.15) is 51.2 Å². The Morgan fingerprint density at radius 2 is 1.87 bits per heavy atom. The van der Waals surface area contributed by atoms with Crippen LogP contribution in [-0.2, 0) is 27.5 Å². The maximum Gasteiger partial charge on any atom is 0.254 e. The largest absolute Gasteiger partial charge is 0.348 e. The Labute approximate surface area is 186 Å². The minimum absolute atomic E-state index is 0.0218. The summed E-state index contributed by atoms with van der Waals surface area (Å²) in [5, 5.41) is 6.31. The molecule has 2 aliphatic rings. The number of benzene rings is 1. The maximum atomic E-state index is 13.1. The summed E-state index contributed by atoms with van der Waals surface area (Å²) < 4.78 is 23.5. The first-order valence-electron chi connectivity index (χ1n) is 10.5. The molecule has 8 heteroatoms. The van der Waals surface area contributed by atoms with Crippen molar-refractivity contribution in [1.29, 1.82) is 0 Å². The number of fused-ring (bicyclic) bond motifs is 1. The predicted octanol–water partition coefficient (Wildman–Crippen LogP) is 3.50. The van der Waals surface area contributed by atoms with Crippen molar-refractivity contribution in [3.63, 3.8) is 0 Å². The molecule has 2 amide bonds. The average molecular weight is 459 g/mol. The fourth-order valence-corrected chi connectivity index (χ4v) is 7.03. The molecule has 1 aromatic carbocycles. The van der Waals surface area contributed by atoms with Crippen molar-refractivity contribution in [2.24, 2.45) is 0 Å². The minimum Gasteiger partial charge on any atom is -0.348 e. The smallest absolute Gasteiger partial charge is 0.254 e. The molecule has 1 atom stereocenters. The highest BCUT2D eigenvalue weighted by Gasteiger charge is 2.32. The summed E-state index contributed by atoms with van der Waals surface area (Å²) in [6.07, 6.45) is 7.40. The topological polar surface area (TPSA) is 92.3 Å². The zero-order chi connectivity index (χ0) is 22.0. The second kappa shape index (κ2) is 8.96. The highest BCUT2D eigenvalue weighted by molar-refractivity contribution is 7.91. The summed E-state index contributed by atoms with van der Waals surface area (Å²) in [5.41, 5.74) is 3.57. The standard InChI is InChI=1S/C23H26N2O4S2/c1-15-6-8-16(9-7-15)10-11-20(26)25-23-21(18-4-2-3-5-19(18)30-23)22(27)24-17-12-13-31(28,29)14-17/h6-11,17H,2-5,12-14H2,1H3,(H,24,27)(H,25,26)/b11-10+/t17-/m0/s1. The molecule has 1 fully saturated rings. The first-order chi connectivity index (χ1) is 14.8. The van der Waals surface area contributed by atoms with Crippen molar-refractivity contribution in [1.82, 2.24) is 5.32 Å². The van der Waals surface area contributed by atoms with Crippen molar-refractivity contribution < 1.29 is 18.0 Å². The molecule has 0 spiro atoms. The quantitative estimate of drug-likeness (QED) is 0.671. The van der Waals surface area contributed by atoms with Crippen LogP contribution in [0.5, 0.6) is 0 Å². The molecule has 0 bridgehead atoms. The van der Waals surface area contributed by atoms with Crippen LogP contribution in [0.3, 0.4) is 0 Å². The Hall–Kier alpha value is -2.45. The average Bonchev–Trinajstić information content (AvgIpc) is 3.26. The summed E-state index contributed by atoms with van der Waals surface area (Å²) in [4.78, 5) is 26.8. The number of sulfone groups is 1. The third-order valence-corrected chi connectivity index (χ3v) is 8.68. The van der Waals surface area contributed by atoms with E-state index in [-0.39, 0.29) is 29.4 Å². The van der Waals surface area contributed by atoms with Crippen molar-refractivity contribution in [3.8, 4) is 0 Å². The summed E-state index contributed by atoms with van der Waals surface area (Å²) in [5.74, 6) is -0.505. The molecule has 2 heterocycles. The fraction of sp³-hybridized carbons (Fsp3) is 0.391. The van der Waals surface area contributed by atoms with Crippen molar-refractivity contribution >= 4 is 44.1 Å². The van der Waals surface area contributed by atoms with Gasteiger partial charge in [-0.25, -0.2) is 8.42 Å². The van der Waals surface area contributed by atoms with Gasteiger partial charge in [0.25, 0.3) is 5.91 Å². The third-order valence-electron chi connectivity index (χ3n) is 5.71. The molecule has 1 aliphatic carbocycles. The Morgan fingerprint density at radius 3 is 2.58 bits per heavy atom. The Balaban J connectivity index is 1.53. The maximum absolute atomic E-state index is 13.1. The number of rotatable bonds is 5. The van der Waals surface area contributed by atoms with Gasteiger partial charge in [0, 0.05) is 17.0 Å². The lowest BCUT2D eigenvalue weighted by Crippen LogP contribution is -2.36. The first-order valence-corrected chi connectivity index (χ1v) is 13.2. The van der Waals surface area contributed by atoms with Crippen LogP contribution in [0.2, 0.25) is 0 Å². The molecule has 0 radical (unpaired) electrons. The van der Waals surface area contributed by atoms with Gasteiger partial charge < -0.3 is 10.6 Å². The molecule has 2 N–H and O–H groups in total. The van der Waals surface area contributed by atoms with Crippen LogP contribution in [0.25, 0.3) is 6.08 Å². The number of hydrogen-bond acceptors (Lipinski definition) is 5. The zero-order valence-electron chi connectivity index (χ0n) is 17.4. The molecule has 2 aromatic rings. The summed E-state index contributed by atoms with van der Waals surface area (Å²) in [6.45, 7) is 2.01. The van der Waals surface area contributed by atoms with Crippen molar-refractivity contribution in [2.75, 3.05) is 16.8 Å². The number of thiophene rings is 1. The van der Waals surface area contributed by atoms with Gasteiger partial charge in [0.2, 0.25) is 5.91 Å². The number of anilines is 1. The molecule has 6 nitrogen and oxygen atoms in total. The molecule has 31 heavy (non-hydrogen) atoms. The van der Waals surface area contributed by atoms with Gasteiger partial charge in [0.15, 0.2) is 9.84 Å². The summed E-state index contributed by atoms with van der Waals surface area (Å²) >= 11 is 1.46. The van der Waals surface area contributed by atoms with Crippen LogP contribution in [0, 0.1) is 6.92 Å². The van der Waals surface area contributed by atoms with E-state index in [4.69, 9.17) is 0 Å². The highest BCUT2D eigenvalue weighted by Crippen LogP contribution is 2.38. The number of aryl methyl sites for hydroxylation is 2. The predicted molar refractivity (Wildman–Crippen MR) is 124 cm³/mol. The Kier molecular flexibility index (Phi) is 6.29. The van der Waals surface area contributed by atoms with E-state index in [1.807, 2.05) is 31.2 Å². The van der Waals surface area contributed by atoms with Crippen LogP contribution in [0.15, 0.2) is 30.3 Å². The van der Waals surface area contributed by atoms with Gasteiger partial charge in [-0.2, -0.15) is 0 Å². The van der Waals surface area contributed by atoms with E-state index in [2.05, 4.69) is 10.6 Å². The van der Waals surface area contributed by atoms with E-state index in [9.17, 15) is 18.0 Å². The lowest BCUT2D eigenvalue weighted by atomic mass is 9.95. The SMILES string of the molecule is Cc1ccc(/C=C/C(=O)Nc2sc3c(c2C(=O)N[C@H]2CCS(=O)(=O)C2)CCCC3)cc1. The normalized spacial score (nSPS) is 19.8. The van der Waals surface area contributed by atoms with E-state index < -0.39 is 9.84 Å². The highest BCUT2D eigenvalue weighted by atomic mass is 32.2. The van der Waals surface area contributed by atoms with Crippen LogP contribution >= 0.6 is 11.3 Å². The summed E-state index contributed by atoms with van der Waals surface area (Å²) in [6, 6.07) is 7.48. The van der Waals surface area contributed by atoms with Crippen molar-refractivity contribution in [2.45, 2.75) is 45.1 Å². The van der Waals surface area contributed by atoms with E-state index in [1.165, 1.54) is 17.4 Å². The van der Waals surface area contributed by atoms with E-state index in [0.717, 1.165) is 47.3 Å². The molecule has 0 unspecified atom stereocenters. The molecule has 0 saturated carbocycles. The van der Waals surface area contributed by atoms with Gasteiger partial charge in [0.05, 0.1) is 17.1 Å². The molecule has 164 valence electrons. The van der Waals surface area contributed by atoms with Crippen LogP contribution < -0.4 is 10.6 Å². The number of hydrogen-bond donors (Lipinski definition) is 2. The van der Waals surface area contributed by atoms with Gasteiger partial charge in [-0.1, -0.05) is 29.8 Å². The van der Waals surface area contributed by atoms with E-state index in [0.29, 0.717) is 17.0 Å².